The molecule has 2 aromatic rings. The van der Waals surface area contributed by atoms with Crippen molar-refractivity contribution in [3.05, 3.63) is 52.2 Å². The van der Waals surface area contributed by atoms with Gasteiger partial charge in [0.05, 0.1) is 5.01 Å². The van der Waals surface area contributed by atoms with E-state index in [2.05, 4.69) is 4.98 Å². The van der Waals surface area contributed by atoms with Crippen molar-refractivity contribution in [3.8, 4) is 0 Å². The Morgan fingerprint density at radius 1 is 1.32 bits per heavy atom. The second kappa shape index (κ2) is 7.01. The van der Waals surface area contributed by atoms with Crippen LogP contribution in [0.5, 0.6) is 0 Å². The van der Waals surface area contributed by atoms with Gasteiger partial charge < -0.3 is 4.90 Å². The highest BCUT2D eigenvalue weighted by Gasteiger charge is 2.24. The lowest BCUT2D eigenvalue weighted by molar-refractivity contribution is -0.132. The molecule has 1 aliphatic rings. The first-order valence-electron chi connectivity index (χ1n) is 7.64. The lowest BCUT2D eigenvalue weighted by Gasteiger charge is -2.31. The van der Waals surface area contributed by atoms with Crippen molar-refractivity contribution in [2.45, 2.75) is 31.6 Å². The number of carbonyl (C=O) groups excluding carboxylic acids is 1. The van der Waals surface area contributed by atoms with Crippen LogP contribution in [0.2, 0.25) is 0 Å². The third kappa shape index (κ3) is 3.53. The molecule has 1 amide bonds. The molecular weight excluding hydrogens is 299 g/mol. The molecule has 0 saturated carbocycles. The van der Waals surface area contributed by atoms with Crippen LogP contribution in [0, 0.1) is 5.82 Å². The Hall–Kier alpha value is -1.75. The predicted molar refractivity (Wildman–Crippen MR) is 85.4 cm³/mol. The third-order valence-electron chi connectivity index (χ3n) is 4.21. The zero-order valence-electron chi connectivity index (χ0n) is 12.4. The Bertz CT molecular complexity index is 621. The van der Waals surface area contributed by atoms with Gasteiger partial charge in [-0.1, -0.05) is 18.2 Å². The molecule has 22 heavy (non-hydrogen) atoms. The quantitative estimate of drug-likeness (QED) is 0.862. The summed E-state index contributed by atoms with van der Waals surface area (Å²) < 4.78 is 13.6. The summed E-state index contributed by atoms with van der Waals surface area (Å²) in [5.41, 5.74) is 0.619. The molecule has 5 heteroatoms. The fourth-order valence-corrected chi connectivity index (χ4v) is 3.72. The Kier molecular flexibility index (Phi) is 4.83. The zero-order valence-corrected chi connectivity index (χ0v) is 13.2. The van der Waals surface area contributed by atoms with Crippen molar-refractivity contribution in [2.75, 3.05) is 13.1 Å². The molecule has 0 bridgehead atoms. The number of nitrogens with zero attached hydrogens (tertiary/aromatic N) is 2. The van der Waals surface area contributed by atoms with E-state index >= 15 is 0 Å². The van der Waals surface area contributed by atoms with Crippen LogP contribution in [0.3, 0.4) is 0 Å². The number of amides is 1. The second-order valence-electron chi connectivity index (χ2n) is 5.62. The van der Waals surface area contributed by atoms with Gasteiger partial charge in [-0.3, -0.25) is 4.79 Å². The summed E-state index contributed by atoms with van der Waals surface area (Å²) in [5.74, 6) is 0.384. The number of thiazole rings is 1. The fraction of sp³-hybridized carbons (Fsp3) is 0.412. The Morgan fingerprint density at radius 2 is 2.09 bits per heavy atom. The predicted octanol–water partition coefficient (Wildman–Crippen LogP) is 3.62. The average molecular weight is 318 g/mol. The van der Waals surface area contributed by atoms with E-state index in [4.69, 9.17) is 0 Å². The number of aryl methyl sites for hydroxylation is 1. The number of piperidine rings is 1. The average Bonchev–Trinajstić information content (AvgIpc) is 3.08. The first-order chi connectivity index (χ1) is 10.7. The SMILES string of the molecule is O=C(CCc1ccccc1F)N1CCC(c2nccs2)CC1. The van der Waals surface area contributed by atoms with E-state index in [1.807, 2.05) is 22.5 Å². The van der Waals surface area contributed by atoms with Gasteiger partial charge in [0, 0.05) is 37.0 Å². The lowest BCUT2D eigenvalue weighted by Crippen LogP contribution is -2.38. The molecule has 0 unspecified atom stereocenters. The van der Waals surface area contributed by atoms with Gasteiger partial charge >= 0.3 is 0 Å². The molecule has 0 atom stereocenters. The maximum atomic E-state index is 13.6. The van der Waals surface area contributed by atoms with Crippen LogP contribution in [-0.4, -0.2) is 28.9 Å². The van der Waals surface area contributed by atoms with Gasteiger partial charge in [0.15, 0.2) is 0 Å². The van der Waals surface area contributed by atoms with Crippen LogP contribution in [0.1, 0.15) is 35.8 Å². The fourth-order valence-electron chi connectivity index (χ4n) is 2.91. The minimum atomic E-state index is -0.224. The summed E-state index contributed by atoms with van der Waals surface area (Å²) in [6.07, 6.45) is 4.63. The number of hydrogen-bond acceptors (Lipinski definition) is 3. The van der Waals surface area contributed by atoms with E-state index in [0.29, 0.717) is 24.3 Å². The van der Waals surface area contributed by atoms with Crippen LogP contribution in [0.15, 0.2) is 35.8 Å². The summed E-state index contributed by atoms with van der Waals surface area (Å²) >= 11 is 1.69. The Labute approximate surface area is 133 Å². The number of likely N-dealkylation sites (tertiary alicyclic amines) is 1. The highest BCUT2D eigenvalue weighted by atomic mass is 32.1. The summed E-state index contributed by atoms with van der Waals surface area (Å²) in [6.45, 7) is 1.56. The molecule has 2 heterocycles. The van der Waals surface area contributed by atoms with Crippen molar-refractivity contribution in [3.63, 3.8) is 0 Å². The van der Waals surface area contributed by atoms with Gasteiger partial charge in [0.2, 0.25) is 5.91 Å². The second-order valence-corrected chi connectivity index (χ2v) is 6.54. The first-order valence-corrected chi connectivity index (χ1v) is 8.52. The van der Waals surface area contributed by atoms with Gasteiger partial charge in [-0.25, -0.2) is 9.37 Å². The molecule has 0 N–H and O–H groups in total. The minimum absolute atomic E-state index is 0.126. The zero-order chi connectivity index (χ0) is 15.4. The molecule has 116 valence electrons. The number of rotatable bonds is 4. The molecule has 3 nitrogen and oxygen atoms in total. The molecule has 1 aromatic carbocycles. The number of aromatic nitrogens is 1. The van der Waals surface area contributed by atoms with Gasteiger partial charge in [0.1, 0.15) is 5.82 Å². The van der Waals surface area contributed by atoms with Gasteiger partial charge in [-0.2, -0.15) is 0 Å². The van der Waals surface area contributed by atoms with Crippen LogP contribution >= 0.6 is 11.3 Å². The van der Waals surface area contributed by atoms with Crippen LogP contribution in [-0.2, 0) is 11.2 Å². The van der Waals surface area contributed by atoms with Crippen molar-refractivity contribution < 1.29 is 9.18 Å². The van der Waals surface area contributed by atoms with Crippen molar-refractivity contribution >= 4 is 17.2 Å². The maximum Gasteiger partial charge on any atom is 0.222 e. The third-order valence-corrected chi connectivity index (χ3v) is 5.15. The molecule has 1 fully saturated rings. The molecule has 0 spiro atoms. The standard InChI is InChI=1S/C17H19FN2OS/c18-15-4-2-1-3-13(15)5-6-16(21)20-10-7-14(8-11-20)17-19-9-12-22-17/h1-4,9,12,14H,5-8,10-11H2. The van der Waals surface area contributed by atoms with Crippen LogP contribution < -0.4 is 0 Å². The monoisotopic (exact) mass is 318 g/mol. The highest BCUT2D eigenvalue weighted by Crippen LogP contribution is 2.29. The largest absolute Gasteiger partial charge is 0.343 e. The number of benzene rings is 1. The Balaban J connectivity index is 1.49. The number of halogens is 1. The first kappa shape index (κ1) is 15.2. The highest BCUT2D eigenvalue weighted by molar-refractivity contribution is 7.09. The lowest BCUT2D eigenvalue weighted by atomic mass is 9.97. The van der Waals surface area contributed by atoms with E-state index < -0.39 is 0 Å². The van der Waals surface area contributed by atoms with Crippen molar-refractivity contribution in [1.29, 1.82) is 0 Å². The van der Waals surface area contributed by atoms with Crippen molar-refractivity contribution in [1.82, 2.24) is 9.88 Å². The summed E-state index contributed by atoms with van der Waals surface area (Å²) in [5, 5.41) is 3.18. The van der Waals surface area contributed by atoms with E-state index in [9.17, 15) is 9.18 Å². The molecule has 1 aromatic heterocycles. The number of carbonyl (C=O) groups is 1. The summed E-state index contributed by atoms with van der Waals surface area (Å²) in [7, 11) is 0. The van der Waals surface area contributed by atoms with Crippen LogP contribution in [0.25, 0.3) is 0 Å². The Morgan fingerprint density at radius 3 is 2.77 bits per heavy atom. The topological polar surface area (TPSA) is 33.2 Å². The molecule has 1 saturated heterocycles. The molecular formula is C17H19FN2OS. The summed E-state index contributed by atoms with van der Waals surface area (Å²) in [6, 6.07) is 6.67. The van der Waals surface area contributed by atoms with E-state index in [1.54, 1.807) is 23.5 Å². The van der Waals surface area contributed by atoms with E-state index in [1.165, 1.54) is 11.1 Å². The molecule has 3 rings (SSSR count). The van der Waals surface area contributed by atoms with Crippen molar-refractivity contribution in [2.24, 2.45) is 0 Å². The van der Waals surface area contributed by atoms with Gasteiger partial charge in [-0.05, 0) is 30.9 Å². The maximum absolute atomic E-state index is 13.6. The molecule has 1 aliphatic heterocycles. The van der Waals surface area contributed by atoms with E-state index in [0.717, 1.165) is 25.9 Å². The summed E-state index contributed by atoms with van der Waals surface area (Å²) in [4.78, 5) is 18.5. The minimum Gasteiger partial charge on any atom is -0.343 e. The molecule has 0 radical (unpaired) electrons. The molecule has 0 aliphatic carbocycles. The normalized spacial score (nSPS) is 16.0. The van der Waals surface area contributed by atoms with Crippen LogP contribution in [0.4, 0.5) is 4.39 Å². The van der Waals surface area contributed by atoms with Gasteiger partial charge in [0.25, 0.3) is 0 Å². The van der Waals surface area contributed by atoms with Gasteiger partial charge in [-0.15, -0.1) is 11.3 Å². The number of hydrogen-bond donors (Lipinski definition) is 0. The van der Waals surface area contributed by atoms with E-state index in [-0.39, 0.29) is 11.7 Å². The smallest absolute Gasteiger partial charge is 0.222 e.